The molecule has 0 aliphatic heterocycles. The van der Waals surface area contributed by atoms with Gasteiger partial charge in [-0.2, -0.15) is 0 Å². The van der Waals surface area contributed by atoms with E-state index in [1.165, 1.54) is 0 Å². The highest BCUT2D eigenvalue weighted by Gasteiger charge is 2.45. The lowest BCUT2D eigenvalue weighted by atomic mass is 9.89. The predicted molar refractivity (Wildman–Crippen MR) is 71.0 cm³/mol. The second kappa shape index (κ2) is 5.06. The smallest absolute Gasteiger partial charge is 0.240 e. The second-order valence-electron chi connectivity index (χ2n) is 5.50. The van der Waals surface area contributed by atoms with Gasteiger partial charge in [-0.1, -0.05) is 19.9 Å². The van der Waals surface area contributed by atoms with Crippen LogP contribution in [0.1, 0.15) is 38.2 Å². The first kappa shape index (κ1) is 13.0. The number of carbonyl (C=O) groups is 1. The summed E-state index contributed by atoms with van der Waals surface area (Å²) in [7, 11) is 0. The van der Waals surface area contributed by atoms with Gasteiger partial charge >= 0.3 is 0 Å². The van der Waals surface area contributed by atoms with Crippen LogP contribution >= 0.6 is 0 Å². The lowest BCUT2D eigenvalue weighted by Gasteiger charge is -2.22. The van der Waals surface area contributed by atoms with Crippen LogP contribution in [0.2, 0.25) is 0 Å². The third-order valence-electron chi connectivity index (χ3n) is 3.64. The van der Waals surface area contributed by atoms with Crippen molar-refractivity contribution in [3.8, 4) is 0 Å². The van der Waals surface area contributed by atoms with E-state index in [0.29, 0.717) is 12.5 Å². The van der Waals surface area contributed by atoms with Crippen molar-refractivity contribution >= 4 is 5.91 Å². The van der Waals surface area contributed by atoms with Crippen LogP contribution in [0.3, 0.4) is 0 Å². The van der Waals surface area contributed by atoms with Crippen molar-refractivity contribution in [2.45, 2.75) is 38.1 Å². The minimum absolute atomic E-state index is 0.0166. The number of carbonyl (C=O) groups excluding carboxylic acids is 1. The van der Waals surface area contributed by atoms with Crippen LogP contribution in [0.5, 0.6) is 0 Å². The maximum absolute atomic E-state index is 11.8. The van der Waals surface area contributed by atoms with Crippen LogP contribution in [0.4, 0.5) is 0 Å². The number of nitrogens with one attached hydrogen (secondary N) is 1. The largest absolute Gasteiger partial charge is 0.354 e. The average molecular weight is 247 g/mol. The number of nitrogens with two attached hydrogens (primary N) is 1. The molecule has 1 aliphatic rings. The van der Waals surface area contributed by atoms with E-state index in [-0.39, 0.29) is 11.8 Å². The number of rotatable bonds is 5. The molecule has 1 aliphatic carbocycles. The molecule has 1 atom stereocenters. The average Bonchev–Trinajstić information content (AvgIpc) is 3.10. The molecule has 1 saturated carbocycles. The van der Waals surface area contributed by atoms with Gasteiger partial charge in [-0.25, -0.2) is 0 Å². The highest BCUT2D eigenvalue weighted by Crippen LogP contribution is 2.32. The molecule has 98 valence electrons. The summed E-state index contributed by atoms with van der Waals surface area (Å²) in [6, 6.07) is 3.98. The van der Waals surface area contributed by atoms with Gasteiger partial charge in [0, 0.05) is 24.9 Å². The van der Waals surface area contributed by atoms with E-state index < -0.39 is 5.54 Å². The third-order valence-corrected chi connectivity index (χ3v) is 3.64. The fraction of sp³-hybridized carbons (Fsp3) is 0.571. The van der Waals surface area contributed by atoms with Crippen molar-refractivity contribution in [2.24, 2.45) is 11.7 Å². The van der Waals surface area contributed by atoms with E-state index in [1.54, 1.807) is 6.20 Å². The Morgan fingerprint density at radius 2 is 2.28 bits per heavy atom. The van der Waals surface area contributed by atoms with Crippen LogP contribution in [0.25, 0.3) is 0 Å². The maximum atomic E-state index is 11.8. The number of amides is 1. The number of hydrogen-bond donors (Lipinski definition) is 2. The molecule has 0 bridgehead atoms. The molecule has 0 radical (unpaired) electrons. The molecule has 1 aromatic heterocycles. The molecular formula is C14H21N3O. The Morgan fingerprint density at radius 1 is 1.56 bits per heavy atom. The van der Waals surface area contributed by atoms with Gasteiger partial charge in [-0.3, -0.25) is 9.78 Å². The molecule has 4 nitrogen and oxygen atoms in total. The fourth-order valence-corrected chi connectivity index (χ4v) is 2.07. The van der Waals surface area contributed by atoms with Gasteiger partial charge < -0.3 is 11.1 Å². The first-order valence-corrected chi connectivity index (χ1v) is 6.50. The van der Waals surface area contributed by atoms with Gasteiger partial charge in [0.1, 0.15) is 0 Å². The van der Waals surface area contributed by atoms with E-state index in [2.05, 4.69) is 30.2 Å². The SMILES string of the molecule is CC(C)C(CNC(=O)C1(N)CC1)c1cccnc1. The summed E-state index contributed by atoms with van der Waals surface area (Å²) in [6.45, 7) is 4.93. The molecule has 1 aromatic rings. The zero-order valence-corrected chi connectivity index (χ0v) is 11.0. The van der Waals surface area contributed by atoms with E-state index in [0.717, 1.165) is 18.4 Å². The molecule has 0 spiro atoms. The van der Waals surface area contributed by atoms with Crippen LogP contribution < -0.4 is 11.1 Å². The molecule has 0 saturated heterocycles. The first-order chi connectivity index (χ1) is 8.53. The van der Waals surface area contributed by atoms with Crippen molar-refractivity contribution in [1.29, 1.82) is 0 Å². The molecule has 1 heterocycles. The lowest BCUT2D eigenvalue weighted by molar-refractivity contribution is -0.123. The standard InChI is InChI=1S/C14H21N3O/c1-10(2)12(11-4-3-7-16-8-11)9-17-13(18)14(15)5-6-14/h3-4,7-8,10,12H,5-6,9,15H2,1-2H3,(H,17,18). The topological polar surface area (TPSA) is 68.0 Å². The minimum Gasteiger partial charge on any atom is -0.354 e. The second-order valence-corrected chi connectivity index (χ2v) is 5.50. The summed E-state index contributed by atoms with van der Waals surface area (Å²) in [5.41, 5.74) is 6.44. The minimum atomic E-state index is -0.587. The highest BCUT2D eigenvalue weighted by molar-refractivity contribution is 5.88. The van der Waals surface area contributed by atoms with E-state index >= 15 is 0 Å². The molecule has 1 amide bonds. The van der Waals surface area contributed by atoms with Crippen LogP contribution in [-0.4, -0.2) is 23.0 Å². The normalized spacial score (nSPS) is 18.4. The number of nitrogens with zero attached hydrogens (tertiary/aromatic N) is 1. The Bertz CT molecular complexity index is 412. The molecule has 18 heavy (non-hydrogen) atoms. The zero-order chi connectivity index (χ0) is 13.2. The molecule has 3 N–H and O–H groups in total. The Morgan fingerprint density at radius 3 is 2.78 bits per heavy atom. The Kier molecular flexibility index (Phi) is 3.66. The molecule has 2 rings (SSSR count). The number of hydrogen-bond acceptors (Lipinski definition) is 3. The molecule has 4 heteroatoms. The summed E-state index contributed by atoms with van der Waals surface area (Å²) in [6.07, 6.45) is 5.24. The van der Waals surface area contributed by atoms with Gasteiger partial charge in [0.2, 0.25) is 5.91 Å². The van der Waals surface area contributed by atoms with Gasteiger partial charge in [0.25, 0.3) is 0 Å². The summed E-state index contributed by atoms with van der Waals surface area (Å²) < 4.78 is 0. The summed E-state index contributed by atoms with van der Waals surface area (Å²) >= 11 is 0. The van der Waals surface area contributed by atoms with Gasteiger partial charge in [-0.15, -0.1) is 0 Å². The van der Waals surface area contributed by atoms with Crippen molar-refractivity contribution < 1.29 is 4.79 Å². The molecule has 1 unspecified atom stereocenters. The van der Waals surface area contributed by atoms with E-state index in [4.69, 9.17) is 5.73 Å². The predicted octanol–water partition coefficient (Wildman–Crippen LogP) is 1.43. The maximum Gasteiger partial charge on any atom is 0.240 e. The zero-order valence-electron chi connectivity index (χ0n) is 11.0. The molecule has 1 fully saturated rings. The van der Waals surface area contributed by atoms with Crippen LogP contribution in [-0.2, 0) is 4.79 Å². The number of aromatic nitrogens is 1. The van der Waals surface area contributed by atoms with Crippen molar-refractivity contribution in [1.82, 2.24) is 10.3 Å². The highest BCUT2D eigenvalue weighted by atomic mass is 16.2. The molecule has 0 aromatic carbocycles. The van der Waals surface area contributed by atoms with E-state index in [9.17, 15) is 4.79 Å². The summed E-state index contributed by atoms with van der Waals surface area (Å²) in [5.74, 6) is 0.712. The van der Waals surface area contributed by atoms with Gasteiger partial charge in [-0.05, 0) is 30.4 Å². The van der Waals surface area contributed by atoms with Gasteiger partial charge in [0.05, 0.1) is 5.54 Å². The fourth-order valence-electron chi connectivity index (χ4n) is 2.07. The third kappa shape index (κ3) is 2.88. The van der Waals surface area contributed by atoms with Crippen molar-refractivity contribution in [3.05, 3.63) is 30.1 Å². The van der Waals surface area contributed by atoms with Crippen LogP contribution in [0, 0.1) is 5.92 Å². The van der Waals surface area contributed by atoms with Gasteiger partial charge in [0.15, 0.2) is 0 Å². The first-order valence-electron chi connectivity index (χ1n) is 6.50. The van der Waals surface area contributed by atoms with Crippen LogP contribution in [0.15, 0.2) is 24.5 Å². The summed E-state index contributed by atoms with van der Waals surface area (Å²) in [5, 5.41) is 2.97. The quantitative estimate of drug-likeness (QED) is 0.827. The number of pyridine rings is 1. The van der Waals surface area contributed by atoms with E-state index in [1.807, 2.05) is 12.3 Å². The van der Waals surface area contributed by atoms with Crippen molar-refractivity contribution in [2.75, 3.05) is 6.54 Å². The Labute approximate surface area is 108 Å². The Hall–Kier alpha value is -1.42. The van der Waals surface area contributed by atoms with Crippen molar-refractivity contribution in [3.63, 3.8) is 0 Å². The lowest BCUT2D eigenvalue weighted by Crippen LogP contribution is -2.44. The Balaban J connectivity index is 1.97. The monoisotopic (exact) mass is 247 g/mol. The molecular weight excluding hydrogens is 226 g/mol. The summed E-state index contributed by atoms with van der Waals surface area (Å²) in [4.78, 5) is 16.0.